The van der Waals surface area contributed by atoms with Crippen LogP contribution in [-0.4, -0.2) is 88.1 Å². The van der Waals surface area contributed by atoms with E-state index in [1.807, 2.05) is 29.2 Å². The van der Waals surface area contributed by atoms with E-state index in [2.05, 4.69) is 22.5 Å². The topological polar surface area (TPSA) is 149 Å². The minimum atomic E-state index is -1.10. The van der Waals surface area contributed by atoms with E-state index in [4.69, 9.17) is 4.74 Å². The molecule has 0 bridgehead atoms. The third kappa shape index (κ3) is 8.13. The molecule has 2 aliphatic heterocycles. The molecule has 262 valence electrons. The third-order valence-electron chi connectivity index (χ3n) is 10.2. The number of hydrogen-bond acceptors (Lipinski definition) is 7. The number of benzene rings is 2. The van der Waals surface area contributed by atoms with Gasteiger partial charge in [-0.2, -0.15) is 0 Å². The fourth-order valence-electron chi connectivity index (χ4n) is 7.35. The van der Waals surface area contributed by atoms with Crippen molar-refractivity contribution in [1.82, 2.24) is 20.4 Å². The number of aliphatic hydroxyl groups excluding tert-OH is 1. The summed E-state index contributed by atoms with van der Waals surface area (Å²) in [6.07, 6.45) is 7.01. The maximum absolute atomic E-state index is 13.9. The average Bonchev–Trinajstić information content (AvgIpc) is 3.10. The van der Waals surface area contributed by atoms with Crippen molar-refractivity contribution in [3.63, 3.8) is 0 Å². The Kier molecular flexibility index (Phi) is 12.9. The summed E-state index contributed by atoms with van der Waals surface area (Å²) in [5, 5.41) is 26.2. The zero-order valence-corrected chi connectivity index (χ0v) is 28.7. The molecule has 0 radical (unpaired) electrons. The lowest BCUT2D eigenvalue weighted by Gasteiger charge is -2.52. The van der Waals surface area contributed by atoms with Crippen molar-refractivity contribution in [2.45, 2.75) is 95.5 Å². The van der Waals surface area contributed by atoms with E-state index in [-0.39, 0.29) is 52.9 Å². The molecule has 1 aliphatic carbocycles. The molecule has 11 nitrogen and oxygen atoms in total. The van der Waals surface area contributed by atoms with Crippen LogP contribution in [0.4, 0.5) is 0 Å². The van der Waals surface area contributed by atoms with Gasteiger partial charge in [0.15, 0.2) is 0 Å². The van der Waals surface area contributed by atoms with E-state index in [0.717, 1.165) is 56.1 Å². The summed E-state index contributed by atoms with van der Waals surface area (Å²) in [5.74, 6) is -1.48. The minimum absolute atomic E-state index is 0. The molecule has 1 spiro atoms. The number of amides is 3. The van der Waals surface area contributed by atoms with Crippen molar-refractivity contribution in [1.29, 1.82) is 0 Å². The average molecular weight is 685 g/mol. The standard InChI is InChI=1S/C36H48N4O7.ClH/c1-3-4-18-40-33(43)30(31(41)26-8-6-5-7-9-26)38-35(46)36(40)16-19-39(20-17-36)23-25-12-10-24(11-13-25)22-37-32(42)28-15-14-27(34(44)45)21-29(28)47-2;/h10-15,21,26,30-31,41H,3-9,16-20,22-23H2,1-2H3,(H,37,42)(H,38,46)(H,44,45);1H/t30-,31-;/m1./s1. The normalized spacial score (nSPS) is 20.5. The summed E-state index contributed by atoms with van der Waals surface area (Å²) in [6.45, 7) is 4.93. The molecule has 3 amide bonds. The summed E-state index contributed by atoms with van der Waals surface area (Å²) >= 11 is 0. The van der Waals surface area contributed by atoms with Crippen LogP contribution in [0.25, 0.3) is 0 Å². The summed E-state index contributed by atoms with van der Waals surface area (Å²) < 4.78 is 5.22. The lowest BCUT2D eigenvalue weighted by atomic mass is 9.78. The van der Waals surface area contributed by atoms with Crippen LogP contribution in [0, 0.1) is 5.92 Å². The second-order valence-corrected chi connectivity index (χ2v) is 13.2. The first-order valence-corrected chi connectivity index (χ1v) is 17.0. The van der Waals surface area contributed by atoms with Crippen LogP contribution in [0.5, 0.6) is 5.75 Å². The number of piperazine rings is 1. The first-order chi connectivity index (χ1) is 22.7. The van der Waals surface area contributed by atoms with E-state index in [1.54, 1.807) is 0 Å². The molecule has 12 heteroatoms. The van der Waals surface area contributed by atoms with Crippen molar-refractivity contribution in [3.8, 4) is 5.75 Å². The van der Waals surface area contributed by atoms with E-state index < -0.39 is 23.7 Å². The SMILES string of the molecule is CCCCN1C(=O)[C@@H]([C@H](O)C2CCCCC2)NC(=O)C12CCN(Cc1ccc(CNC(=O)c3ccc(C(=O)O)cc3OC)cc1)CC2.Cl. The van der Waals surface area contributed by atoms with Crippen molar-refractivity contribution in [2.24, 2.45) is 5.92 Å². The number of piperidine rings is 1. The Hall–Kier alpha value is -3.67. The van der Waals surface area contributed by atoms with Crippen LogP contribution in [0.2, 0.25) is 0 Å². The second-order valence-electron chi connectivity index (χ2n) is 13.2. The first-order valence-electron chi connectivity index (χ1n) is 17.0. The Morgan fingerprint density at radius 1 is 1.04 bits per heavy atom. The largest absolute Gasteiger partial charge is 0.496 e. The summed E-state index contributed by atoms with van der Waals surface area (Å²) in [4.78, 5) is 55.8. The number of carbonyl (C=O) groups excluding carboxylic acids is 3. The lowest BCUT2D eigenvalue weighted by Crippen LogP contribution is -2.75. The summed E-state index contributed by atoms with van der Waals surface area (Å²) in [6, 6.07) is 11.2. The van der Waals surface area contributed by atoms with Gasteiger partial charge in [0.05, 0.1) is 24.3 Å². The number of rotatable bonds is 12. The highest BCUT2D eigenvalue weighted by molar-refractivity contribution is 6.00. The van der Waals surface area contributed by atoms with Crippen LogP contribution < -0.4 is 15.4 Å². The molecule has 4 N–H and O–H groups in total. The molecule has 2 aromatic carbocycles. The number of carboxylic acid groups (broad SMARTS) is 1. The molecule has 5 rings (SSSR count). The zero-order valence-electron chi connectivity index (χ0n) is 27.9. The second kappa shape index (κ2) is 16.6. The molecule has 48 heavy (non-hydrogen) atoms. The Morgan fingerprint density at radius 3 is 2.33 bits per heavy atom. The molecule has 0 unspecified atom stereocenters. The van der Waals surface area contributed by atoms with Crippen LogP contribution in [-0.2, 0) is 22.7 Å². The number of ether oxygens (including phenoxy) is 1. The maximum atomic E-state index is 13.9. The Bertz CT molecular complexity index is 1440. The van der Waals surface area contributed by atoms with Gasteiger partial charge in [0.2, 0.25) is 11.8 Å². The number of nitrogens with one attached hydrogen (secondary N) is 2. The van der Waals surface area contributed by atoms with Gasteiger partial charge in [0, 0.05) is 32.7 Å². The highest BCUT2D eigenvalue weighted by Gasteiger charge is 2.55. The van der Waals surface area contributed by atoms with Crippen LogP contribution in [0.3, 0.4) is 0 Å². The van der Waals surface area contributed by atoms with Crippen LogP contribution in [0.15, 0.2) is 42.5 Å². The number of hydrogen-bond donors (Lipinski definition) is 4. The van der Waals surface area contributed by atoms with Gasteiger partial charge >= 0.3 is 5.97 Å². The fourth-order valence-corrected chi connectivity index (χ4v) is 7.35. The Morgan fingerprint density at radius 2 is 1.71 bits per heavy atom. The zero-order chi connectivity index (χ0) is 33.6. The molecular formula is C36H49ClN4O7. The molecule has 2 saturated heterocycles. The van der Waals surface area contributed by atoms with Gasteiger partial charge in [0.25, 0.3) is 5.91 Å². The molecule has 0 aromatic heterocycles. The lowest BCUT2D eigenvalue weighted by molar-refractivity contribution is -0.166. The van der Waals surface area contributed by atoms with Gasteiger partial charge in [-0.1, -0.05) is 56.9 Å². The smallest absolute Gasteiger partial charge is 0.335 e. The number of aromatic carboxylic acids is 1. The third-order valence-corrected chi connectivity index (χ3v) is 10.2. The number of carbonyl (C=O) groups is 4. The number of halogens is 1. The predicted octanol–water partition coefficient (Wildman–Crippen LogP) is 4.15. The highest BCUT2D eigenvalue weighted by Crippen LogP contribution is 2.36. The van der Waals surface area contributed by atoms with Crippen molar-refractivity contribution in [3.05, 3.63) is 64.7 Å². The van der Waals surface area contributed by atoms with Gasteiger partial charge in [-0.25, -0.2) is 4.79 Å². The number of likely N-dealkylation sites (tertiary alicyclic amines) is 1. The highest BCUT2D eigenvalue weighted by atomic mass is 35.5. The quantitative estimate of drug-likeness (QED) is 0.261. The van der Waals surface area contributed by atoms with E-state index >= 15 is 0 Å². The number of methoxy groups -OCH3 is 1. The predicted molar refractivity (Wildman–Crippen MR) is 183 cm³/mol. The number of carboxylic acids is 1. The molecule has 1 saturated carbocycles. The molecular weight excluding hydrogens is 636 g/mol. The monoisotopic (exact) mass is 684 g/mol. The van der Waals surface area contributed by atoms with E-state index in [1.165, 1.54) is 25.3 Å². The summed E-state index contributed by atoms with van der Waals surface area (Å²) in [5.41, 5.74) is 1.43. The van der Waals surface area contributed by atoms with Gasteiger partial charge in [-0.15, -0.1) is 12.4 Å². The summed E-state index contributed by atoms with van der Waals surface area (Å²) in [7, 11) is 1.39. The van der Waals surface area contributed by atoms with Gasteiger partial charge < -0.3 is 30.5 Å². The maximum Gasteiger partial charge on any atom is 0.335 e. The van der Waals surface area contributed by atoms with E-state index in [9.17, 15) is 29.4 Å². The van der Waals surface area contributed by atoms with Gasteiger partial charge in [-0.3, -0.25) is 19.3 Å². The van der Waals surface area contributed by atoms with Gasteiger partial charge in [-0.05, 0) is 67.3 Å². The number of aliphatic hydroxyl groups is 1. The van der Waals surface area contributed by atoms with Crippen molar-refractivity contribution in [2.75, 3.05) is 26.7 Å². The fraction of sp³-hybridized carbons (Fsp3) is 0.556. The van der Waals surface area contributed by atoms with Gasteiger partial charge in [0.1, 0.15) is 17.3 Å². The molecule has 2 heterocycles. The minimum Gasteiger partial charge on any atom is -0.496 e. The van der Waals surface area contributed by atoms with Crippen LogP contribution in [0.1, 0.15) is 96.6 Å². The van der Waals surface area contributed by atoms with Crippen molar-refractivity contribution < 1.29 is 34.1 Å². The molecule has 2 atom stereocenters. The van der Waals surface area contributed by atoms with E-state index in [0.29, 0.717) is 45.6 Å². The first kappa shape index (κ1) is 37.2. The Balaban J connectivity index is 0.00000520. The number of nitrogens with zero attached hydrogens (tertiary/aromatic N) is 2. The number of unbranched alkanes of at least 4 members (excludes halogenated alkanes) is 1. The molecule has 3 fully saturated rings. The van der Waals surface area contributed by atoms with Crippen molar-refractivity contribution >= 4 is 36.1 Å². The molecule has 2 aromatic rings. The Labute approximate surface area is 288 Å². The molecule has 3 aliphatic rings. The van der Waals surface area contributed by atoms with Crippen LogP contribution >= 0.6 is 12.4 Å².